The molecule has 0 saturated carbocycles. The van der Waals surface area contributed by atoms with Crippen LogP contribution in [0.2, 0.25) is 0 Å². The van der Waals surface area contributed by atoms with Crippen molar-refractivity contribution in [2.45, 2.75) is 58.3 Å². The van der Waals surface area contributed by atoms with Gasteiger partial charge < -0.3 is 5.32 Å². The Hall–Kier alpha value is -2.34. The summed E-state index contributed by atoms with van der Waals surface area (Å²) in [5, 5.41) is 3.01. The maximum Gasteiger partial charge on any atom is 0.261 e. The maximum atomic E-state index is 12.7. The van der Waals surface area contributed by atoms with Gasteiger partial charge in [-0.05, 0) is 56.0 Å². The molecule has 0 aromatic heterocycles. The summed E-state index contributed by atoms with van der Waals surface area (Å²) in [5.74, 6) is 0.288. The van der Waals surface area contributed by atoms with Crippen molar-refractivity contribution in [3.8, 4) is 0 Å². The first-order chi connectivity index (χ1) is 13.8. The van der Waals surface area contributed by atoms with Gasteiger partial charge in [0.1, 0.15) is 0 Å². The number of amides is 1. The van der Waals surface area contributed by atoms with Gasteiger partial charge in [-0.3, -0.25) is 9.52 Å². The third-order valence-corrected chi connectivity index (χ3v) is 6.63. The number of hydrogen-bond acceptors (Lipinski definition) is 3. The smallest absolute Gasteiger partial charge is 0.261 e. The fourth-order valence-electron chi connectivity index (χ4n) is 3.19. The summed E-state index contributed by atoms with van der Waals surface area (Å²) in [7, 11) is -3.72. The van der Waals surface area contributed by atoms with Crippen LogP contribution in [0.3, 0.4) is 0 Å². The summed E-state index contributed by atoms with van der Waals surface area (Å²) >= 11 is 0. The van der Waals surface area contributed by atoms with Crippen LogP contribution in [0, 0.1) is 19.8 Å². The minimum absolute atomic E-state index is 0.172. The molecule has 0 heterocycles. The van der Waals surface area contributed by atoms with Gasteiger partial charge in [-0.15, -0.1) is 0 Å². The lowest BCUT2D eigenvalue weighted by Gasteiger charge is -2.17. The third kappa shape index (κ3) is 6.32. The first-order valence-corrected chi connectivity index (χ1v) is 11.7. The minimum Gasteiger partial charge on any atom is -0.352 e. The number of rotatable bonds is 10. The second-order valence-electron chi connectivity index (χ2n) is 7.52. The van der Waals surface area contributed by atoms with E-state index < -0.39 is 10.0 Å². The average Bonchev–Trinajstić information content (AvgIpc) is 2.69. The molecule has 0 bridgehead atoms. The van der Waals surface area contributed by atoms with E-state index in [1.165, 1.54) is 0 Å². The number of anilines is 1. The molecule has 158 valence electrons. The number of nitrogens with one attached hydrogen (secondary N) is 2. The molecule has 1 amide bonds. The second kappa shape index (κ2) is 10.4. The third-order valence-electron chi connectivity index (χ3n) is 5.25. The molecule has 0 aliphatic heterocycles. The summed E-state index contributed by atoms with van der Waals surface area (Å²) < 4.78 is 28.0. The summed E-state index contributed by atoms with van der Waals surface area (Å²) in [4.78, 5) is 12.9. The molecular weight excluding hydrogens is 384 g/mol. The standard InChI is InChI=1S/C23H32N2O3S/c1-5-7-9-19(6-2)16-24-23(26)21-10-8-11-22(18(21)4)25-29(27,28)20-14-12-17(3)13-15-20/h8,10-15,19,25H,5-7,9,16H2,1-4H3,(H,24,26)/t19-/m1/s1. The summed E-state index contributed by atoms with van der Waals surface area (Å²) in [6.45, 7) is 8.60. The van der Waals surface area contributed by atoms with E-state index in [0.717, 1.165) is 31.2 Å². The molecule has 2 N–H and O–H groups in total. The minimum atomic E-state index is -3.72. The van der Waals surface area contributed by atoms with Gasteiger partial charge in [-0.25, -0.2) is 8.42 Å². The maximum absolute atomic E-state index is 12.7. The van der Waals surface area contributed by atoms with Crippen molar-refractivity contribution in [2.75, 3.05) is 11.3 Å². The van der Waals surface area contributed by atoms with Crippen LogP contribution in [0.4, 0.5) is 5.69 Å². The van der Waals surface area contributed by atoms with Crippen LogP contribution in [-0.2, 0) is 10.0 Å². The van der Waals surface area contributed by atoms with Crippen LogP contribution in [0.1, 0.15) is 61.0 Å². The van der Waals surface area contributed by atoms with E-state index in [-0.39, 0.29) is 10.8 Å². The lowest BCUT2D eigenvalue weighted by atomic mass is 9.99. The first kappa shape index (κ1) is 22.9. The van der Waals surface area contributed by atoms with Gasteiger partial charge in [0.2, 0.25) is 0 Å². The van der Waals surface area contributed by atoms with Crippen molar-refractivity contribution in [1.82, 2.24) is 5.32 Å². The van der Waals surface area contributed by atoms with Crippen LogP contribution in [-0.4, -0.2) is 20.9 Å². The van der Waals surface area contributed by atoms with Gasteiger partial charge in [0.05, 0.1) is 10.6 Å². The second-order valence-corrected chi connectivity index (χ2v) is 9.21. The number of carbonyl (C=O) groups is 1. The monoisotopic (exact) mass is 416 g/mol. The van der Waals surface area contributed by atoms with Crippen LogP contribution < -0.4 is 10.0 Å². The highest BCUT2D eigenvalue weighted by Gasteiger charge is 2.18. The van der Waals surface area contributed by atoms with Crippen molar-refractivity contribution >= 4 is 21.6 Å². The van der Waals surface area contributed by atoms with Gasteiger partial charge in [-0.1, -0.05) is 56.9 Å². The van der Waals surface area contributed by atoms with Crippen molar-refractivity contribution in [3.05, 3.63) is 59.2 Å². The summed E-state index contributed by atoms with van der Waals surface area (Å²) in [6, 6.07) is 11.8. The molecule has 29 heavy (non-hydrogen) atoms. The fourth-order valence-corrected chi connectivity index (χ4v) is 4.31. The Morgan fingerprint density at radius 1 is 1.03 bits per heavy atom. The molecule has 5 nitrogen and oxygen atoms in total. The number of unbranched alkanes of at least 4 members (excludes halogenated alkanes) is 1. The molecule has 2 aromatic carbocycles. The van der Waals surface area contributed by atoms with Gasteiger partial charge in [0.15, 0.2) is 0 Å². The molecule has 0 radical (unpaired) electrons. The van der Waals surface area contributed by atoms with E-state index in [1.54, 1.807) is 49.4 Å². The molecule has 2 aromatic rings. The molecule has 6 heteroatoms. The number of hydrogen-bond donors (Lipinski definition) is 2. The van der Waals surface area contributed by atoms with Gasteiger partial charge in [0, 0.05) is 12.1 Å². The van der Waals surface area contributed by atoms with Crippen LogP contribution >= 0.6 is 0 Å². The molecule has 2 rings (SSSR count). The molecular formula is C23H32N2O3S. The zero-order valence-corrected chi connectivity index (χ0v) is 18.6. The lowest BCUT2D eigenvalue weighted by molar-refractivity contribution is 0.0945. The quantitative estimate of drug-likeness (QED) is 0.569. The normalized spacial score (nSPS) is 12.4. The lowest BCUT2D eigenvalue weighted by Crippen LogP contribution is -2.30. The van der Waals surface area contributed by atoms with E-state index >= 15 is 0 Å². The predicted octanol–water partition coefficient (Wildman–Crippen LogP) is 5.05. The topological polar surface area (TPSA) is 75.3 Å². The van der Waals surface area contributed by atoms with Crippen LogP contribution in [0.5, 0.6) is 0 Å². The Labute approximate surface area is 175 Å². The molecule has 0 spiro atoms. The number of sulfonamides is 1. The van der Waals surface area contributed by atoms with Crippen molar-refractivity contribution < 1.29 is 13.2 Å². The van der Waals surface area contributed by atoms with Crippen LogP contribution in [0.15, 0.2) is 47.4 Å². The molecule has 1 atom stereocenters. The first-order valence-electron chi connectivity index (χ1n) is 10.3. The Balaban J connectivity index is 2.14. The highest BCUT2D eigenvalue weighted by Crippen LogP contribution is 2.23. The molecule has 0 unspecified atom stereocenters. The zero-order chi connectivity index (χ0) is 21.4. The largest absolute Gasteiger partial charge is 0.352 e. The Morgan fingerprint density at radius 3 is 2.34 bits per heavy atom. The molecule has 0 saturated heterocycles. The Kier molecular flexibility index (Phi) is 8.26. The highest BCUT2D eigenvalue weighted by atomic mass is 32.2. The molecule has 0 aliphatic rings. The van der Waals surface area contributed by atoms with E-state index in [9.17, 15) is 13.2 Å². The number of aryl methyl sites for hydroxylation is 1. The van der Waals surface area contributed by atoms with E-state index in [0.29, 0.717) is 29.3 Å². The van der Waals surface area contributed by atoms with Crippen LogP contribution in [0.25, 0.3) is 0 Å². The van der Waals surface area contributed by atoms with E-state index in [2.05, 4.69) is 23.9 Å². The fraction of sp³-hybridized carbons (Fsp3) is 0.435. The predicted molar refractivity (Wildman–Crippen MR) is 119 cm³/mol. The highest BCUT2D eigenvalue weighted by molar-refractivity contribution is 7.92. The average molecular weight is 417 g/mol. The Bertz CT molecular complexity index is 922. The van der Waals surface area contributed by atoms with Crippen molar-refractivity contribution in [1.29, 1.82) is 0 Å². The van der Waals surface area contributed by atoms with Gasteiger partial charge >= 0.3 is 0 Å². The summed E-state index contributed by atoms with van der Waals surface area (Å²) in [6.07, 6.45) is 4.43. The number of carbonyl (C=O) groups excluding carboxylic acids is 1. The van der Waals surface area contributed by atoms with Crippen molar-refractivity contribution in [3.63, 3.8) is 0 Å². The Morgan fingerprint density at radius 2 is 1.72 bits per heavy atom. The SMILES string of the molecule is CCCC[C@@H](CC)CNC(=O)c1cccc(NS(=O)(=O)c2ccc(C)cc2)c1C. The zero-order valence-electron chi connectivity index (χ0n) is 17.8. The molecule has 0 fully saturated rings. The number of benzene rings is 2. The van der Waals surface area contributed by atoms with Crippen molar-refractivity contribution in [2.24, 2.45) is 5.92 Å². The van der Waals surface area contributed by atoms with Gasteiger partial charge in [0.25, 0.3) is 15.9 Å². The molecule has 0 aliphatic carbocycles. The van der Waals surface area contributed by atoms with Gasteiger partial charge in [-0.2, -0.15) is 0 Å². The van der Waals surface area contributed by atoms with E-state index in [1.807, 2.05) is 6.92 Å². The summed E-state index contributed by atoms with van der Waals surface area (Å²) in [5.41, 5.74) is 2.50. The van der Waals surface area contributed by atoms with E-state index in [4.69, 9.17) is 0 Å².